The summed E-state index contributed by atoms with van der Waals surface area (Å²) in [5.74, 6) is 2.02. The monoisotopic (exact) mass is 295 g/mol. The van der Waals surface area contributed by atoms with Crippen molar-refractivity contribution in [1.82, 2.24) is 10.3 Å². The van der Waals surface area contributed by atoms with Crippen molar-refractivity contribution in [2.45, 2.75) is 53.5 Å². The molecule has 1 aliphatic heterocycles. The molecule has 2 rings (SSSR count). The lowest BCUT2D eigenvalue weighted by atomic mass is 10.1. The van der Waals surface area contributed by atoms with E-state index in [1.807, 2.05) is 11.3 Å². The minimum atomic E-state index is 0.510. The van der Waals surface area contributed by atoms with E-state index >= 15 is 0 Å². The molecule has 1 atom stereocenters. The molecule has 0 bridgehead atoms. The van der Waals surface area contributed by atoms with Crippen LogP contribution >= 0.6 is 11.3 Å². The van der Waals surface area contributed by atoms with Crippen molar-refractivity contribution in [1.29, 1.82) is 0 Å². The van der Waals surface area contributed by atoms with Gasteiger partial charge in [-0.15, -0.1) is 11.3 Å². The van der Waals surface area contributed by atoms with Gasteiger partial charge in [0.05, 0.1) is 5.69 Å². The standard InChI is InChI=1S/C16H29N3S/c1-11(2)8-17-9-14-15(12(3)4)18-16(20-14)19-7-6-13(5)10-19/h11-13,17H,6-10H2,1-5H3. The Hall–Kier alpha value is -0.610. The van der Waals surface area contributed by atoms with Crippen LogP contribution in [0.25, 0.3) is 0 Å². The van der Waals surface area contributed by atoms with E-state index in [1.54, 1.807) is 0 Å². The highest BCUT2D eigenvalue weighted by molar-refractivity contribution is 7.15. The van der Waals surface area contributed by atoms with E-state index in [4.69, 9.17) is 4.98 Å². The van der Waals surface area contributed by atoms with Gasteiger partial charge in [-0.05, 0) is 30.7 Å². The number of hydrogen-bond donors (Lipinski definition) is 1. The van der Waals surface area contributed by atoms with E-state index in [0.29, 0.717) is 11.8 Å². The van der Waals surface area contributed by atoms with E-state index in [2.05, 4.69) is 44.8 Å². The Morgan fingerprint density at radius 2 is 2.10 bits per heavy atom. The van der Waals surface area contributed by atoms with Crippen molar-refractivity contribution in [2.24, 2.45) is 11.8 Å². The second-order valence-corrected chi connectivity index (χ2v) is 7.89. The van der Waals surface area contributed by atoms with Gasteiger partial charge in [-0.1, -0.05) is 34.6 Å². The fraction of sp³-hybridized carbons (Fsp3) is 0.812. The Labute approximate surface area is 127 Å². The van der Waals surface area contributed by atoms with Gasteiger partial charge < -0.3 is 10.2 Å². The van der Waals surface area contributed by atoms with Gasteiger partial charge in [-0.2, -0.15) is 0 Å². The van der Waals surface area contributed by atoms with Crippen molar-refractivity contribution >= 4 is 16.5 Å². The first-order chi connectivity index (χ1) is 9.47. The molecule has 0 radical (unpaired) electrons. The highest BCUT2D eigenvalue weighted by Gasteiger charge is 2.23. The van der Waals surface area contributed by atoms with Crippen LogP contribution in [-0.2, 0) is 6.54 Å². The van der Waals surface area contributed by atoms with Crippen molar-refractivity contribution in [3.63, 3.8) is 0 Å². The summed E-state index contributed by atoms with van der Waals surface area (Å²) >= 11 is 1.89. The summed E-state index contributed by atoms with van der Waals surface area (Å²) in [5, 5.41) is 4.80. The molecule has 1 aromatic heterocycles. The Kier molecular flexibility index (Phi) is 5.44. The van der Waals surface area contributed by atoms with Crippen LogP contribution in [0.1, 0.15) is 57.5 Å². The van der Waals surface area contributed by atoms with Crippen LogP contribution in [0.3, 0.4) is 0 Å². The van der Waals surface area contributed by atoms with Gasteiger partial charge in [0.1, 0.15) is 0 Å². The predicted molar refractivity (Wildman–Crippen MR) is 88.7 cm³/mol. The molecule has 2 heterocycles. The maximum atomic E-state index is 4.93. The predicted octanol–water partition coefficient (Wildman–Crippen LogP) is 3.86. The van der Waals surface area contributed by atoms with Gasteiger partial charge in [0, 0.05) is 24.5 Å². The van der Waals surface area contributed by atoms with Crippen molar-refractivity contribution in [3.8, 4) is 0 Å². The summed E-state index contributed by atoms with van der Waals surface area (Å²) in [5.41, 5.74) is 1.29. The zero-order chi connectivity index (χ0) is 14.7. The molecular formula is C16H29N3S. The Balaban J connectivity index is 2.07. The second kappa shape index (κ2) is 6.90. The number of nitrogens with one attached hydrogen (secondary N) is 1. The largest absolute Gasteiger partial charge is 0.348 e. The summed E-state index contributed by atoms with van der Waals surface area (Å²) < 4.78 is 0. The molecule has 3 nitrogen and oxygen atoms in total. The number of nitrogens with zero attached hydrogens (tertiary/aromatic N) is 2. The highest BCUT2D eigenvalue weighted by Crippen LogP contribution is 2.33. The lowest BCUT2D eigenvalue weighted by Gasteiger charge is -2.13. The second-order valence-electron chi connectivity index (χ2n) is 6.82. The van der Waals surface area contributed by atoms with Crippen LogP contribution in [-0.4, -0.2) is 24.6 Å². The van der Waals surface area contributed by atoms with Gasteiger partial charge >= 0.3 is 0 Å². The number of thiazole rings is 1. The Morgan fingerprint density at radius 3 is 2.65 bits per heavy atom. The van der Waals surface area contributed by atoms with E-state index in [1.165, 1.54) is 35.2 Å². The first-order valence-electron chi connectivity index (χ1n) is 7.92. The topological polar surface area (TPSA) is 28.2 Å². The van der Waals surface area contributed by atoms with Crippen molar-refractivity contribution < 1.29 is 0 Å². The number of aromatic nitrogens is 1. The molecule has 0 spiro atoms. The zero-order valence-electron chi connectivity index (χ0n) is 13.6. The van der Waals surface area contributed by atoms with Crippen molar-refractivity contribution in [2.75, 3.05) is 24.5 Å². The molecular weight excluding hydrogens is 266 g/mol. The van der Waals surface area contributed by atoms with Gasteiger partial charge in [0.2, 0.25) is 0 Å². The summed E-state index contributed by atoms with van der Waals surface area (Å²) in [7, 11) is 0. The first-order valence-corrected chi connectivity index (χ1v) is 8.74. The van der Waals surface area contributed by atoms with Crippen LogP contribution in [0.2, 0.25) is 0 Å². The van der Waals surface area contributed by atoms with Gasteiger partial charge in [-0.25, -0.2) is 4.98 Å². The van der Waals surface area contributed by atoms with E-state index in [9.17, 15) is 0 Å². The molecule has 114 valence electrons. The smallest absolute Gasteiger partial charge is 0.185 e. The maximum absolute atomic E-state index is 4.93. The lowest BCUT2D eigenvalue weighted by Crippen LogP contribution is -2.19. The normalized spacial score (nSPS) is 19.6. The lowest BCUT2D eigenvalue weighted by molar-refractivity contribution is 0.552. The quantitative estimate of drug-likeness (QED) is 0.864. The van der Waals surface area contributed by atoms with E-state index in [0.717, 1.165) is 19.0 Å². The van der Waals surface area contributed by atoms with Crippen molar-refractivity contribution in [3.05, 3.63) is 10.6 Å². The SMILES string of the molecule is CC(C)CNCc1sc(N2CCC(C)C2)nc1C(C)C. The zero-order valence-corrected chi connectivity index (χ0v) is 14.4. The molecule has 1 aromatic rings. The van der Waals surface area contributed by atoms with Crippen LogP contribution in [0, 0.1) is 11.8 Å². The average Bonchev–Trinajstić information content (AvgIpc) is 2.95. The van der Waals surface area contributed by atoms with Gasteiger partial charge in [0.15, 0.2) is 5.13 Å². The Morgan fingerprint density at radius 1 is 1.35 bits per heavy atom. The van der Waals surface area contributed by atoms with Crippen LogP contribution < -0.4 is 10.2 Å². The first kappa shape index (κ1) is 15.8. The van der Waals surface area contributed by atoms with Gasteiger partial charge in [-0.3, -0.25) is 0 Å². The summed E-state index contributed by atoms with van der Waals surface area (Å²) in [6, 6.07) is 0. The van der Waals surface area contributed by atoms with Crippen LogP contribution in [0.5, 0.6) is 0 Å². The van der Waals surface area contributed by atoms with Crippen LogP contribution in [0.4, 0.5) is 5.13 Å². The average molecular weight is 295 g/mol. The summed E-state index contributed by atoms with van der Waals surface area (Å²) in [6.07, 6.45) is 1.30. The molecule has 4 heteroatoms. The molecule has 20 heavy (non-hydrogen) atoms. The van der Waals surface area contributed by atoms with E-state index < -0.39 is 0 Å². The third kappa shape index (κ3) is 3.95. The molecule has 1 N–H and O–H groups in total. The van der Waals surface area contributed by atoms with Crippen LogP contribution in [0.15, 0.2) is 0 Å². The van der Waals surface area contributed by atoms with E-state index in [-0.39, 0.29) is 0 Å². The molecule has 1 aliphatic rings. The highest BCUT2D eigenvalue weighted by atomic mass is 32.1. The third-order valence-corrected chi connectivity index (χ3v) is 4.93. The molecule has 0 saturated carbocycles. The maximum Gasteiger partial charge on any atom is 0.185 e. The molecule has 1 unspecified atom stereocenters. The number of rotatable bonds is 6. The van der Waals surface area contributed by atoms with Gasteiger partial charge in [0.25, 0.3) is 0 Å². The fourth-order valence-corrected chi connectivity index (χ4v) is 3.87. The summed E-state index contributed by atoms with van der Waals surface area (Å²) in [6.45, 7) is 15.7. The Bertz CT molecular complexity index is 425. The molecule has 0 amide bonds. The molecule has 0 aliphatic carbocycles. The minimum Gasteiger partial charge on any atom is -0.348 e. The fourth-order valence-electron chi connectivity index (χ4n) is 2.65. The molecule has 1 fully saturated rings. The number of hydrogen-bond acceptors (Lipinski definition) is 4. The molecule has 0 aromatic carbocycles. The molecule has 1 saturated heterocycles. The minimum absolute atomic E-state index is 0.510. The summed E-state index contributed by atoms with van der Waals surface area (Å²) in [4.78, 5) is 8.82. The number of anilines is 1. The third-order valence-electron chi connectivity index (χ3n) is 3.80.